The number of nitrogens with zero attached hydrogens (tertiary/aromatic N) is 3. The van der Waals surface area contributed by atoms with Crippen molar-refractivity contribution in [1.82, 2.24) is 14.4 Å². The van der Waals surface area contributed by atoms with Crippen molar-refractivity contribution in [2.24, 2.45) is 0 Å². The highest BCUT2D eigenvalue weighted by Gasteiger charge is 2.27. The summed E-state index contributed by atoms with van der Waals surface area (Å²) in [5.74, 6) is -0.353. The lowest BCUT2D eigenvalue weighted by Crippen LogP contribution is -2.51. The molecule has 0 radical (unpaired) electrons. The summed E-state index contributed by atoms with van der Waals surface area (Å²) in [4.78, 5) is 29.2. The number of urea groups is 1. The molecule has 3 amide bonds. The second kappa shape index (κ2) is 9.26. The van der Waals surface area contributed by atoms with E-state index in [1.165, 1.54) is 29.8 Å². The molecule has 1 aliphatic rings. The molecule has 2 heterocycles. The van der Waals surface area contributed by atoms with Gasteiger partial charge < -0.3 is 19.7 Å². The maximum atomic E-state index is 13.2. The number of rotatable bonds is 4. The van der Waals surface area contributed by atoms with Gasteiger partial charge in [0.05, 0.1) is 5.56 Å². The minimum absolute atomic E-state index is 0.00370. The summed E-state index contributed by atoms with van der Waals surface area (Å²) in [6.07, 6.45) is 0. The highest BCUT2D eigenvalue weighted by molar-refractivity contribution is 5.96. The van der Waals surface area contributed by atoms with Crippen LogP contribution in [0.4, 0.5) is 14.9 Å². The Morgan fingerprint density at radius 3 is 2.19 bits per heavy atom. The average Bonchev–Trinajstić information content (AvgIpc) is 3.09. The van der Waals surface area contributed by atoms with Gasteiger partial charge in [0.15, 0.2) is 0 Å². The molecule has 1 aliphatic heterocycles. The van der Waals surface area contributed by atoms with Gasteiger partial charge in [-0.2, -0.15) is 0 Å². The van der Waals surface area contributed by atoms with E-state index >= 15 is 0 Å². The van der Waals surface area contributed by atoms with Gasteiger partial charge in [-0.25, -0.2) is 9.18 Å². The van der Waals surface area contributed by atoms with E-state index in [4.69, 9.17) is 0 Å². The maximum absolute atomic E-state index is 13.2. The Morgan fingerprint density at radius 2 is 1.53 bits per heavy atom. The zero-order valence-corrected chi connectivity index (χ0v) is 18.3. The number of anilines is 1. The Balaban J connectivity index is 1.37. The molecule has 32 heavy (non-hydrogen) atoms. The quantitative estimate of drug-likeness (QED) is 0.666. The Kier molecular flexibility index (Phi) is 6.25. The first-order valence-corrected chi connectivity index (χ1v) is 10.7. The number of nitrogens with one attached hydrogen (secondary N) is 1. The van der Waals surface area contributed by atoms with Gasteiger partial charge in [-0.05, 0) is 49.7 Å². The van der Waals surface area contributed by atoms with Gasteiger partial charge in [0.1, 0.15) is 5.82 Å². The standard InChI is InChI=1S/C25H27FN4O2/c1-18-16-23(19(2)30(18)17-20-6-4-3-5-7-20)24(31)28-12-14-29(15-13-28)25(32)27-22-10-8-21(26)9-11-22/h3-11,16H,12-15,17H2,1-2H3,(H,27,32). The fourth-order valence-electron chi connectivity index (χ4n) is 4.05. The molecule has 0 spiro atoms. The van der Waals surface area contributed by atoms with Gasteiger partial charge in [-0.1, -0.05) is 30.3 Å². The molecular formula is C25H27FN4O2. The molecule has 4 rings (SSSR count). The smallest absolute Gasteiger partial charge is 0.321 e. The van der Waals surface area contributed by atoms with E-state index < -0.39 is 0 Å². The highest BCUT2D eigenvalue weighted by Crippen LogP contribution is 2.20. The predicted octanol–water partition coefficient (Wildman–Crippen LogP) is 4.28. The lowest BCUT2D eigenvalue weighted by atomic mass is 10.2. The monoisotopic (exact) mass is 434 g/mol. The summed E-state index contributed by atoms with van der Waals surface area (Å²) >= 11 is 0. The average molecular weight is 435 g/mol. The molecular weight excluding hydrogens is 407 g/mol. The molecule has 0 atom stereocenters. The third-order valence-electron chi connectivity index (χ3n) is 5.94. The molecule has 6 nitrogen and oxygen atoms in total. The van der Waals surface area contributed by atoms with Crippen molar-refractivity contribution in [2.45, 2.75) is 20.4 Å². The molecule has 1 aromatic heterocycles. The lowest BCUT2D eigenvalue weighted by Gasteiger charge is -2.34. The third-order valence-corrected chi connectivity index (χ3v) is 5.94. The van der Waals surface area contributed by atoms with Gasteiger partial charge in [-0.15, -0.1) is 0 Å². The molecule has 0 saturated carbocycles. The number of halogens is 1. The van der Waals surface area contributed by atoms with Gasteiger partial charge in [-0.3, -0.25) is 4.79 Å². The summed E-state index contributed by atoms with van der Waals surface area (Å²) in [5, 5.41) is 2.77. The number of benzene rings is 2. The topological polar surface area (TPSA) is 57.6 Å². The van der Waals surface area contributed by atoms with Crippen LogP contribution in [0.5, 0.6) is 0 Å². The van der Waals surface area contributed by atoms with Crippen LogP contribution in [0.1, 0.15) is 27.3 Å². The minimum Gasteiger partial charge on any atom is -0.344 e. The first kappa shape index (κ1) is 21.6. The van der Waals surface area contributed by atoms with Crippen LogP contribution in [0, 0.1) is 19.7 Å². The molecule has 1 fully saturated rings. The third kappa shape index (κ3) is 4.66. The molecule has 3 aromatic rings. The van der Waals surface area contributed by atoms with Gasteiger partial charge >= 0.3 is 6.03 Å². The van der Waals surface area contributed by atoms with Gasteiger partial charge in [0.2, 0.25) is 0 Å². The summed E-state index contributed by atoms with van der Waals surface area (Å²) in [6.45, 7) is 6.56. The van der Waals surface area contributed by atoms with Crippen molar-refractivity contribution < 1.29 is 14.0 Å². The Bertz CT molecular complexity index is 1100. The number of piperazine rings is 1. The van der Waals surface area contributed by atoms with Crippen molar-refractivity contribution in [2.75, 3.05) is 31.5 Å². The van der Waals surface area contributed by atoms with E-state index in [-0.39, 0.29) is 17.8 Å². The lowest BCUT2D eigenvalue weighted by molar-refractivity contribution is 0.0671. The maximum Gasteiger partial charge on any atom is 0.321 e. The highest BCUT2D eigenvalue weighted by atomic mass is 19.1. The summed E-state index contributed by atoms with van der Waals surface area (Å²) in [7, 11) is 0. The van der Waals surface area contributed by atoms with Crippen LogP contribution in [-0.2, 0) is 6.54 Å². The Labute approximate surface area is 187 Å². The van der Waals surface area contributed by atoms with Crippen LogP contribution in [0.15, 0.2) is 60.7 Å². The Morgan fingerprint density at radius 1 is 0.906 bits per heavy atom. The first-order chi connectivity index (χ1) is 15.4. The van der Waals surface area contributed by atoms with E-state index in [9.17, 15) is 14.0 Å². The van der Waals surface area contributed by atoms with E-state index in [1.807, 2.05) is 38.1 Å². The van der Waals surface area contributed by atoms with E-state index in [0.29, 0.717) is 37.4 Å². The second-order valence-corrected chi connectivity index (χ2v) is 8.07. The van der Waals surface area contributed by atoms with Crippen molar-refractivity contribution in [3.8, 4) is 0 Å². The largest absolute Gasteiger partial charge is 0.344 e. The van der Waals surface area contributed by atoms with Crippen molar-refractivity contribution in [1.29, 1.82) is 0 Å². The van der Waals surface area contributed by atoms with E-state index in [0.717, 1.165) is 17.9 Å². The number of amides is 3. The predicted molar refractivity (Wildman–Crippen MR) is 122 cm³/mol. The molecule has 1 saturated heterocycles. The van der Waals surface area contributed by atoms with Gasteiger partial charge in [0.25, 0.3) is 5.91 Å². The van der Waals surface area contributed by atoms with Crippen molar-refractivity contribution in [3.63, 3.8) is 0 Å². The molecule has 2 aromatic carbocycles. The van der Waals surface area contributed by atoms with E-state index in [1.54, 1.807) is 9.80 Å². The van der Waals surface area contributed by atoms with Crippen LogP contribution >= 0.6 is 0 Å². The summed E-state index contributed by atoms with van der Waals surface area (Å²) < 4.78 is 15.2. The van der Waals surface area contributed by atoms with Crippen LogP contribution in [-0.4, -0.2) is 52.5 Å². The molecule has 0 unspecified atom stereocenters. The zero-order valence-electron chi connectivity index (χ0n) is 18.3. The molecule has 0 aliphatic carbocycles. The fraction of sp³-hybridized carbons (Fsp3) is 0.280. The van der Waals surface area contributed by atoms with Crippen LogP contribution < -0.4 is 5.32 Å². The normalized spacial score (nSPS) is 13.8. The van der Waals surface area contributed by atoms with Crippen LogP contribution in [0.2, 0.25) is 0 Å². The molecule has 1 N–H and O–H groups in total. The zero-order chi connectivity index (χ0) is 22.7. The van der Waals surface area contributed by atoms with Crippen molar-refractivity contribution >= 4 is 17.6 Å². The van der Waals surface area contributed by atoms with E-state index in [2.05, 4.69) is 22.0 Å². The number of aromatic nitrogens is 1. The fourth-order valence-corrected chi connectivity index (χ4v) is 4.05. The number of hydrogen-bond donors (Lipinski definition) is 1. The van der Waals surface area contributed by atoms with Crippen LogP contribution in [0.25, 0.3) is 0 Å². The minimum atomic E-state index is -0.349. The first-order valence-electron chi connectivity index (χ1n) is 10.7. The number of hydrogen-bond acceptors (Lipinski definition) is 2. The van der Waals surface area contributed by atoms with Gasteiger partial charge in [0, 0.05) is 49.8 Å². The summed E-state index contributed by atoms with van der Waals surface area (Å²) in [6, 6.07) is 17.6. The molecule has 166 valence electrons. The molecule has 7 heteroatoms. The number of carbonyl (C=O) groups excluding carboxylic acids is 2. The summed E-state index contributed by atoms with van der Waals surface area (Å²) in [5.41, 5.74) is 4.44. The number of aryl methyl sites for hydroxylation is 1. The molecule has 0 bridgehead atoms. The SMILES string of the molecule is Cc1cc(C(=O)N2CCN(C(=O)Nc3ccc(F)cc3)CC2)c(C)n1Cc1ccccc1. The van der Waals surface area contributed by atoms with Crippen molar-refractivity contribution in [3.05, 3.63) is 89.0 Å². The second-order valence-electron chi connectivity index (χ2n) is 8.07. The number of carbonyl (C=O) groups is 2. The Hall–Kier alpha value is -3.61. The van der Waals surface area contributed by atoms with Crippen LogP contribution in [0.3, 0.4) is 0 Å².